The molecule has 3 aliphatic rings. The summed E-state index contributed by atoms with van der Waals surface area (Å²) in [6.45, 7) is 0.861. The average molecular weight is 546 g/mol. The molecule has 14 nitrogen and oxygen atoms in total. The molecule has 1 unspecified atom stereocenters. The lowest BCUT2D eigenvalue weighted by atomic mass is 10.0. The lowest BCUT2D eigenvalue weighted by Crippen LogP contribution is -2.71. The number of β-lactam (4-membered cyclic amide) rings is 1. The molecule has 0 aromatic heterocycles. The number of thioether (sulfide) groups is 1. The molecule has 0 saturated carbocycles. The van der Waals surface area contributed by atoms with Crippen molar-refractivity contribution in [1.82, 2.24) is 25.3 Å². The number of benzene rings is 1. The first-order valence-corrected chi connectivity index (χ1v) is 12.4. The summed E-state index contributed by atoms with van der Waals surface area (Å²) >= 11 is 1.19. The second-order valence-corrected chi connectivity index (χ2v) is 9.56. The third kappa shape index (κ3) is 5.04. The maximum Gasteiger partial charge on any atom is 0.352 e. The molecule has 1 aromatic carbocycles. The number of fused-ring (bicyclic) bond motifs is 1. The number of esters is 1. The standard InChI is InChI=1S/C23H23N5O9S/c1-12(30)37-9-14-10-38-20-16(19(32)28(20)17(14)21(33)34)24-18(31)15(13-5-3-2-4-6-13)25-22(35)27-8-7-26(11-29)23(27)36/h2-6,11,15-16,20H,7-10H2,1H3,(H,24,31)(H,25,35)(H,33,34)/t15-,16?,20-/m1/s1. The average Bonchev–Trinajstić information content (AvgIpc) is 3.28. The Labute approximate surface area is 219 Å². The number of carbonyl (C=O) groups excluding carboxylic acids is 6. The first-order chi connectivity index (χ1) is 18.1. The van der Waals surface area contributed by atoms with Gasteiger partial charge in [0.05, 0.1) is 6.54 Å². The van der Waals surface area contributed by atoms with Crippen LogP contribution in [0.1, 0.15) is 18.5 Å². The SMILES string of the molecule is CC(=O)OCC1=C(C(=O)O)N2C(=O)C(NC(=O)[C@H](NC(=O)N3CCN(C=O)C3=O)c3ccccc3)[C@H]2SC1. The fraction of sp³-hybridized carbons (Fsp3) is 0.348. The van der Waals surface area contributed by atoms with Crippen LogP contribution in [0.25, 0.3) is 0 Å². The molecule has 3 aliphatic heterocycles. The van der Waals surface area contributed by atoms with Gasteiger partial charge in [0.2, 0.25) is 12.3 Å². The predicted octanol–water partition coefficient (Wildman–Crippen LogP) is -0.367. The lowest BCUT2D eigenvalue weighted by Gasteiger charge is -2.49. The number of nitrogens with one attached hydrogen (secondary N) is 2. The minimum atomic E-state index is -1.37. The fourth-order valence-corrected chi connectivity index (χ4v) is 5.53. The van der Waals surface area contributed by atoms with Gasteiger partial charge in [-0.05, 0) is 5.56 Å². The van der Waals surface area contributed by atoms with E-state index in [1.807, 2.05) is 0 Å². The molecule has 0 bridgehead atoms. The van der Waals surface area contributed by atoms with E-state index in [1.165, 1.54) is 18.7 Å². The third-order valence-corrected chi connectivity index (χ3v) is 7.41. The van der Waals surface area contributed by atoms with Crippen molar-refractivity contribution in [1.29, 1.82) is 0 Å². The van der Waals surface area contributed by atoms with Crippen molar-refractivity contribution in [2.45, 2.75) is 24.4 Å². The maximum atomic E-state index is 13.3. The van der Waals surface area contributed by atoms with E-state index in [2.05, 4.69) is 10.6 Å². The summed E-state index contributed by atoms with van der Waals surface area (Å²) in [4.78, 5) is 88.0. The van der Waals surface area contributed by atoms with Crippen molar-refractivity contribution in [3.8, 4) is 0 Å². The van der Waals surface area contributed by atoms with E-state index in [1.54, 1.807) is 30.3 Å². The summed E-state index contributed by atoms with van der Waals surface area (Å²) < 4.78 is 4.91. The van der Waals surface area contributed by atoms with Crippen LogP contribution in [0.5, 0.6) is 0 Å². The van der Waals surface area contributed by atoms with Gasteiger partial charge in [-0.25, -0.2) is 19.3 Å². The Morgan fingerprint density at radius 3 is 2.50 bits per heavy atom. The zero-order valence-electron chi connectivity index (χ0n) is 20.0. The summed E-state index contributed by atoms with van der Waals surface area (Å²) in [5, 5.41) is 14.0. The molecule has 0 aliphatic carbocycles. The monoisotopic (exact) mass is 545 g/mol. The fourth-order valence-electron chi connectivity index (χ4n) is 4.21. The summed E-state index contributed by atoms with van der Waals surface area (Å²) in [5.41, 5.74) is 0.318. The molecule has 3 N–H and O–H groups in total. The zero-order chi connectivity index (χ0) is 27.6. The Morgan fingerprint density at radius 1 is 1.18 bits per heavy atom. The summed E-state index contributed by atoms with van der Waals surface area (Å²) in [6.07, 6.45) is 0.310. The van der Waals surface area contributed by atoms with Crippen LogP contribution in [0.3, 0.4) is 0 Å². The topological polar surface area (TPSA) is 183 Å². The van der Waals surface area contributed by atoms with Crippen molar-refractivity contribution < 1.29 is 43.4 Å². The Kier molecular flexibility index (Phi) is 7.66. The van der Waals surface area contributed by atoms with Crippen LogP contribution in [-0.4, -0.2) is 98.9 Å². The van der Waals surface area contributed by atoms with Crippen LogP contribution >= 0.6 is 11.8 Å². The molecule has 7 amide bonds. The van der Waals surface area contributed by atoms with E-state index in [0.29, 0.717) is 12.0 Å². The summed E-state index contributed by atoms with van der Waals surface area (Å²) in [7, 11) is 0. The van der Waals surface area contributed by atoms with Crippen molar-refractivity contribution in [2.24, 2.45) is 0 Å². The van der Waals surface area contributed by atoms with Crippen molar-refractivity contribution in [3.05, 3.63) is 47.2 Å². The van der Waals surface area contributed by atoms with Gasteiger partial charge >= 0.3 is 24.0 Å². The molecular weight excluding hydrogens is 522 g/mol. The van der Waals surface area contributed by atoms with Gasteiger partial charge in [-0.15, -0.1) is 11.8 Å². The highest BCUT2D eigenvalue weighted by Crippen LogP contribution is 2.40. The third-order valence-electron chi connectivity index (χ3n) is 6.07. The number of amides is 7. The highest BCUT2D eigenvalue weighted by Gasteiger charge is 2.54. The Hall–Kier alpha value is -4.40. The van der Waals surface area contributed by atoms with Gasteiger partial charge in [0.1, 0.15) is 29.8 Å². The molecule has 0 radical (unpaired) electrons. The number of hydrogen-bond donors (Lipinski definition) is 3. The molecule has 38 heavy (non-hydrogen) atoms. The normalized spacial score (nSPS) is 21.3. The molecule has 200 valence electrons. The van der Waals surface area contributed by atoms with Crippen LogP contribution in [-0.2, 0) is 28.7 Å². The molecule has 1 aromatic rings. The number of urea groups is 2. The van der Waals surface area contributed by atoms with Crippen LogP contribution in [0, 0.1) is 0 Å². The lowest BCUT2D eigenvalue weighted by molar-refractivity contribution is -0.151. The van der Waals surface area contributed by atoms with Crippen molar-refractivity contribution in [3.63, 3.8) is 0 Å². The van der Waals surface area contributed by atoms with Crippen LogP contribution in [0.2, 0.25) is 0 Å². The molecule has 2 fully saturated rings. The number of imide groups is 2. The van der Waals surface area contributed by atoms with E-state index in [0.717, 1.165) is 14.7 Å². The van der Waals surface area contributed by atoms with E-state index in [9.17, 15) is 38.7 Å². The Balaban J connectivity index is 1.50. The van der Waals surface area contributed by atoms with Gasteiger partial charge in [-0.2, -0.15) is 0 Å². The highest BCUT2D eigenvalue weighted by atomic mass is 32.2. The van der Waals surface area contributed by atoms with Crippen LogP contribution in [0.15, 0.2) is 41.6 Å². The number of nitrogens with zero attached hydrogens (tertiary/aromatic N) is 3. The van der Waals surface area contributed by atoms with E-state index in [4.69, 9.17) is 4.74 Å². The van der Waals surface area contributed by atoms with Gasteiger partial charge in [-0.1, -0.05) is 30.3 Å². The minimum Gasteiger partial charge on any atom is -0.477 e. The quantitative estimate of drug-likeness (QED) is 0.221. The molecule has 0 spiro atoms. The number of aliphatic carboxylic acids is 1. The molecule has 15 heteroatoms. The first kappa shape index (κ1) is 26.7. The number of ether oxygens (including phenoxy) is 1. The maximum absolute atomic E-state index is 13.3. The van der Waals surface area contributed by atoms with Gasteiger partial charge in [0, 0.05) is 24.8 Å². The number of carbonyl (C=O) groups is 7. The van der Waals surface area contributed by atoms with Crippen molar-refractivity contribution >= 4 is 54.0 Å². The molecule has 3 atom stereocenters. The van der Waals surface area contributed by atoms with E-state index < -0.39 is 53.3 Å². The Morgan fingerprint density at radius 2 is 1.89 bits per heavy atom. The highest BCUT2D eigenvalue weighted by molar-refractivity contribution is 8.00. The van der Waals surface area contributed by atoms with Gasteiger partial charge in [0.25, 0.3) is 5.91 Å². The largest absolute Gasteiger partial charge is 0.477 e. The zero-order valence-corrected chi connectivity index (χ0v) is 20.8. The number of rotatable bonds is 8. The first-order valence-electron chi connectivity index (χ1n) is 11.4. The van der Waals surface area contributed by atoms with E-state index >= 15 is 0 Å². The van der Waals surface area contributed by atoms with Crippen molar-refractivity contribution in [2.75, 3.05) is 25.4 Å². The van der Waals surface area contributed by atoms with Gasteiger partial charge in [-0.3, -0.25) is 29.0 Å². The minimum absolute atomic E-state index is 0.0160. The Bertz CT molecular complexity index is 1240. The second kappa shape index (κ2) is 10.9. The van der Waals surface area contributed by atoms with Gasteiger partial charge < -0.3 is 20.5 Å². The number of carboxylic acid groups (broad SMARTS) is 1. The number of carboxylic acids is 1. The molecule has 4 rings (SSSR count). The van der Waals surface area contributed by atoms with Crippen LogP contribution in [0.4, 0.5) is 9.59 Å². The molecular formula is C23H23N5O9S. The summed E-state index contributed by atoms with van der Waals surface area (Å²) in [6, 6.07) is 4.01. The summed E-state index contributed by atoms with van der Waals surface area (Å²) in [5.74, 6) is -3.25. The second-order valence-electron chi connectivity index (χ2n) is 8.46. The predicted molar refractivity (Wildman–Crippen MR) is 129 cm³/mol. The smallest absolute Gasteiger partial charge is 0.352 e. The molecule has 3 heterocycles. The van der Waals surface area contributed by atoms with E-state index in [-0.39, 0.29) is 36.7 Å². The molecule has 2 saturated heterocycles. The number of hydrogen-bond acceptors (Lipinski definition) is 9. The van der Waals surface area contributed by atoms with Crippen LogP contribution < -0.4 is 10.6 Å². The van der Waals surface area contributed by atoms with Gasteiger partial charge in [0.15, 0.2) is 0 Å².